The molecule has 0 aliphatic heterocycles. The van der Waals surface area contributed by atoms with Crippen molar-refractivity contribution in [3.63, 3.8) is 0 Å². The number of hydrogen-bond acceptors (Lipinski definition) is 2. The molecule has 0 saturated carbocycles. The Morgan fingerprint density at radius 2 is 2.00 bits per heavy atom. The summed E-state index contributed by atoms with van der Waals surface area (Å²) in [6.45, 7) is 4.12. The van der Waals surface area contributed by atoms with Crippen LogP contribution in [0.25, 0.3) is 0 Å². The summed E-state index contributed by atoms with van der Waals surface area (Å²) in [5.74, 6) is 0.425. The third kappa shape index (κ3) is 2.47. The van der Waals surface area contributed by atoms with Crippen molar-refractivity contribution in [2.45, 2.75) is 26.7 Å². The maximum Gasteiger partial charge on any atom is 0.177 e. The van der Waals surface area contributed by atoms with E-state index < -0.39 is 0 Å². The van der Waals surface area contributed by atoms with Gasteiger partial charge in [0.05, 0.1) is 9.35 Å². The zero-order chi connectivity index (χ0) is 10.7. The SMILES string of the molecule is CCC(CC)C(=O)c1scc(Br)c1Br. The maximum atomic E-state index is 12.0. The van der Waals surface area contributed by atoms with E-state index >= 15 is 0 Å². The second kappa shape index (κ2) is 5.42. The Labute approximate surface area is 105 Å². The van der Waals surface area contributed by atoms with Gasteiger partial charge in [-0.25, -0.2) is 0 Å². The van der Waals surface area contributed by atoms with Gasteiger partial charge in [0.1, 0.15) is 0 Å². The fourth-order valence-corrected chi connectivity index (χ4v) is 3.52. The summed E-state index contributed by atoms with van der Waals surface area (Å²) in [5.41, 5.74) is 0. The van der Waals surface area contributed by atoms with Gasteiger partial charge in [-0.1, -0.05) is 13.8 Å². The Balaban J connectivity index is 2.94. The molecule has 0 spiro atoms. The molecule has 0 aliphatic carbocycles. The Hall–Kier alpha value is 0.330. The van der Waals surface area contributed by atoms with E-state index in [1.807, 2.05) is 5.38 Å². The third-order valence-electron chi connectivity index (χ3n) is 2.27. The Morgan fingerprint density at radius 1 is 1.43 bits per heavy atom. The standard InChI is InChI=1S/C10H12Br2OS/c1-3-6(4-2)9(13)10-8(12)7(11)5-14-10/h5-6H,3-4H2,1-2H3. The van der Waals surface area contributed by atoms with E-state index in [-0.39, 0.29) is 11.7 Å². The quantitative estimate of drug-likeness (QED) is 0.713. The highest BCUT2D eigenvalue weighted by Crippen LogP contribution is 2.34. The fraction of sp³-hybridized carbons (Fsp3) is 0.500. The molecule has 0 atom stereocenters. The van der Waals surface area contributed by atoms with Gasteiger partial charge in [-0.15, -0.1) is 11.3 Å². The Morgan fingerprint density at radius 3 is 2.36 bits per heavy atom. The molecule has 14 heavy (non-hydrogen) atoms. The van der Waals surface area contributed by atoms with Crippen molar-refractivity contribution in [2.24, 2.45) is 5.92 Å². The van der Waals surface area contributed by atoms with Crippen LogP contribution in [-0.4, -0.2) is 5.78 Å². The van der Waals surface area contributed by atoms with E-state index in [1.165, 1.54) is 11.3 Å². The minimum absolute atomic E-state index is 0.164. The van der Waals surface area contributed by atoms with Crippen molar-refractivity contribution in [1.82, 2.24) is 0 Å². The van der Waals surface area contributed by atoms with E-state index in [0.717, 1.165) is 26.7 Å². The highest BCUT2D eigenvalue weighted by Gasteiger charge is 2.21. The van der Waals surface area contributed by atoms with Gasteiger partial charge in [-0.05, 0) is 44.7 Å². The minimum atomic E-state index is 0.164. The molecular weight excluding hydrogens is 328 g/mol. The first-order chi connectivity index (χ1) is 6.61. The highest BCUT2D eigenvalue weighted by atomic mass is 79.9. The number of carbonyl (C=O) groups excluding carboxylic acids is 1. The Bertz CT molecular complexity index is 329. The van der Waals surface area contributed by atoms with Crippen molar-refractivity contribution in [3.05, 3.63) is 19.2 Å². The van der Waals surface area contributed by atoms with E-state index in [2.05, 4.69) is 45.7 Å². The van der Waals surface area contributed by atoms with Crippen LogP contribution in [-0.2, 0) is 0 Å². The molecule has 1 aromatic rings. The first kappa shape index (κ1) is 12.4. The number of hydrogen-bond donors (Lipinski definition) is 0. The van der Waals surface area contributed by atoms with Gasteiger partial charge >= 0.3 is 0 Å². The largest absolute Gasteiger partial charge is 0.293 e. The summed E-state index contributed by atoms with van der Waals surface area (Å²) < 4.78 is 1.87. The first-order valence-corrected chi connectivity index (χ1v) is 7.05. The average molecular weight is 340 g/mol. The zero-order valence-corrected chi connectivity index (χ0v) is 12.1. The number of rotatable bonds is 4. The minimum Gasteiger partial charge on any atom is -0.293 e. The summed E-state index contributed by atoms with van der Waals surface area (Å²) >= 11 is 8.31. The molecule has 0 radical (unpaired) electrons. The van der Waals surface area contributed by atoms with Crippen molar-refractivity contribution in [2.75, 3.05) is 0 Å². The summed E-state index contributed by atoms with van der Waals surface area (Å²) in [6.07, 6.45) is 1.83. The summed E-state index contributed by atoms with van der Waals surface area (Å²) in [5, 5.41) is 1.94. The van der Waals surface area contributed by atoms with Crippen LogP contribution < -0.4 is 0 Å². The van der Waals surface area contributed by atoms with Gasteiger partial charge in [0, 0.05) is 15.8 Å². The zero-order valence-electron chi connectivity index (χ0n) is 8.14. The molecule has 0 N–H and O–H groups in total. The molecular formula is C10H12Br2OS. The van der Waals surface area contributed by atoms with Gasteiger partial charge in [0.25, 0.3) is 0 Å². The van der Waals surface area contributed by atoms with E-state index in [9.17, 15) is 4.79 Å². The molecule has 1 aromatic heterocycles. The van der Waals surface area contributed by atoms with Crippen LogP contribution in [0, 0.1) is 5.92 Å². The topological polar surface area (TPSA) is 17.1 Å². The van der Waals surface area contributed by atoms with Crippen molar-refractivity contribution in [1.29, 1.82) is 0 Å². The van der Waals surface area contributed by atoms with Gasteiger partial charge in [0.15, 0.2) is 5.78 Å². The number of ketones is 1. The number of carbonyl (C=O) groups is 1. The first-order valence-electron chi connectivity index (χ1n) is 4.58. The van der Waals surface area contributed by atoms with Crippen LogP contribution in [0.4, 0.5) is 0 Å². The summed E-state index contributed by atoms with van der Waals surface area (Å²) in [6, 6.07) is 0. The lowest BCUT2D eigenvalue weighted by Crippen LogP contribution is -2.11. The van der Waals surface area contributed by atoms with Crippen LogP contribution in [0.3, 0.4) is 0 Å². The third-order valence-corrected chi connectivity index (χ3v) is 5.81. The normalized spacial score (nSPS) is 10.9. The van der Waals surface area contributed by atoms with Crippen molar-refractivity contribution >= 4 is 49.0 Å². The summed E-state index contributed by atoms with van der Waals surface area (Å²) in [4.78, 5) is 12.8. The van der Waals surface area contributed by atoms with Crippen LogP contribution in [0.1, 0.15) is 36.4 Å². The molecule has 1 rings (SSSR count). The number of thiophene rings is 1. The molecule has 0 amide bonds. The van der Waals surface area contributed by atoms with Crippen LogP contribution in [0.15, 0.2) is 14.3 Å². The van der Waals surface area contributed by atoms with Crippen LogP contribution in [0.2, 0.25) is 0 Å². The van der Waals surface area contributed by atoms with E-state index in [4.69, 9.17) is 0 Å². The molecule has 78 valence electrons. The van der Waals surface area contributed by atoms with E-state index in [1.54, 1.807) is 0 Å². The molecule has 0 bridgehead atoms. The predicted molar refractivity (Wildman–Crippen MR) is 68.1 cm³/mol. The fourth-order valence-electron chi connectivity index (χ4n) is 1.33. The lowest BCUT2D eigenvalue weighted by molar-refractivity contribution is 0.0917. The van der Waals surface area contributed by atoms with Gasteiger partial charge in [-0.2, -0.15) is 0 Å². The second-order valence-corrected chi connectivity index (χ2v) is 5.63. The lowest BCUT2D eigenvalue weighted by Gasteiger charge is -2.09. The van der Waals surface area contributed by atoms with Gasteiger partial charge < -0.3 is 0 Å². The second-order valence-electron chi connectivity index (χ2n) is 3.10. The van der Waals surface area contributed by atoms with Gasteiger partial charge in [0.2, 0.25) is 0 Å². The van der Waals surface area contributed by atoms with Crippen molar-refractivity contribution in [3.8, 4) is 0 Å². The highest BCUT2D eigenvalue weighted by molar-refractivity contribution is 9.13. The molecule has 0 aliphatic rings. The maximum absolute atomic E-state index is 12.0. The molecule has 0 aromatic carbocycles. The molecule has 1 heterocycles. The van der Waals surface area contributed by atoms with Crippen molar-refractivity contribution < 1.29 is 4.79 Å². The molecule has 0 saturated heterocycles. The molecule has 4 heteroatoms. The van der Waals surface area contributed by atoms with Crippen LogP contribution in [0.5, 0.6) is 0 Å². The predicted octanol–water partition coefficient (Wildman–Crippen LogP) is 4.89. The van der Waals surface area contributed by atoms with Gasteiger partial charge in [-0.3, -0.25) is 4.79 Å². The summed E-state index contributed by atoms with van der Waals surface area (Å²) in [7, 11) is 0. The number of halogens is 2. The van der Waals surface area contributed by atoms with E-state index in [0.29, 0.717) is 0 Å². The molecule has 1 nitrogen and oxygen atoms in total. The smallest absolute Gasteiger partial charge is 0.177 e. The average Bonchev–Trinajstić information content (AvgIpc) is 2.49. The lowest BCUT2D eigenvalue weighted by atomic mass is 9.97. The Kier molecular flexibility index (Phi) is 4.80. The monoisotopic (exact) mass is 338 g/mol. The number of Topliss-reactive ketones (excluding diaryl/α,β-unsaturated/α-hetero) is 1. The molecule has 0 fully saturated rings. The van der Waals surface area contributed by atoms with Crippen LogP contribution >= 0.6 is 43.2 Å². The molecule has 0 unspecified atom stereocenters.